The number of carbonyl (C=O) groups is 1. The van der Waals surface area contributed by atoms with Crippen molar-refractivity contribution < 1.29 is 9.53 Å². The van der Waals surface area contributed by atoms with Gasteiger partial charge in [0, 0.05) is 24.9 Å². The molecule has 0 radical (unpaired) electrons. The van der Waals surface area contributed by atoms with Crippen molar-refractivity contribution in [3.8, 4) is 0 Å². The predicted octanol–water partition coefficient (Wildman–Crippen LogP) is 5.36. The van der Waals surface area contributed by atoms with Gasteiger partial charge in [0.05, 0.1) is 6.54 Å². The Labute approximate surface area is 163 Å². The average Bonchev–Trinajstić information content (AvgIpc) is 3.36. The van der Waals surface area contributed by atoms with Crippen LogP contribution in [0.15, 0.2) is 34.3 Å². The van der Waals surface area contributed by atoms with Gasteiger partial charge in [-0.05, 0) is 65.7 Å². The Balaban J connectivity index is 1.42. The number of nitrogens with zero attached hydrogens (tertiary/aromatic N) is 2. The SMILES string of the molecule is CCCN1[C@@H]2CC[C@H]1C[C@@H](OC(=O)N(Cc1ccsc1)c1cccs1)C2. The lowest BCUT2D eigenvalue weighted by molar-refractivity contribution is 0.0208. The van der Waals surface area contributed by atoms with E-state index < -0.39 is 0 Å². The van der Waals surface area contributed by atoms with Crippen molar-refractivity contribution in [2.75, 3.05) is 11.4 Å². The van der Waals surface area contributed by atoms with Crippen molar-refractivity contribution in [1.82, 2.24) is 4.90 Å². The summed E-state index contributed by atoms with van der Waals surface area (Å²) in [6, 6.07) is 7.24. The topological polar surface area (TPSA) is 32.8 Å². The van der Waals surface area contributed by atoms with E-state index in [-0.39, 0.29) is 12.2 Å². The summed E-state index contributed by atoms with van der Waals surface area (Å²) in [6.07, 6.45) is 5.53. The molecule has 0 aliphatic carbocycles. The minimum atomic E-state index is -0.202. The van der Waals surface area contributed by atoms with E-state index >= 15 is 0 Å². The Morgan fingerprint density at radius 3 is 2.69 bits per heavy atom. The van der Waals surface area contributed by atoms with Crippen LogP contribution >= 0.6 is 22.7 Å². The van der Waals surface area contributed by atoms with Crippen LogP contribution in [-0.2, 0) is 11.3 Å². The molecule has 3 atom stereocenters. The first-order valence-electron chi connectivity index (χ1n) is 9.53. The molecule has 4 heterocycles. The lowest BCUT2D eigenvalue weighted by Gasteiger charge is -2.38. The summed E-state index contributed by atoms with van der Waals surface area (Å²) < 4.78 is 6.00. The number of amides is 1. The number of rotatable bonds is 6. The highest BCUT2D eigenvalue weighted by atomic mass is 32.1. The highest BCUT2D eigenvalue weighted by Crippen LogP contribution is 2.37. The maximum absolute atomic E-state index is 13.0. The summed E-state index contributed by atoms with van der Waals surface area (Å²) in [5.41, 5.74) is 1.15. The van der Waals surface area contributed by atoms with E-state index in [0.29, 0.717) is 18.6 Å². The molecular formula is C20H26N2O2S2. The van der Waals surface area contributed by atoms with Crippen LogP contribution < -0.4 is 4.90 Å². The summed E-state index contributed by atoms with van der Waals surface area (Å²) in [7, 11) is 0. The van der Waals surface area contributed by atoms with Crippen LogP contribution in [0.3, 0.4) is 0 Å². The van der Waals surface area contributed by atoms with Gasteiger partial charge in [-0.3, -0.25) is 9.80 Å². The number of hydrogen-bond acceptors (Lipinski definition) is 5. The summed E-state index contributed by atoms with van der Waals surface area (Å²) in [6.45, 7) is 3.99. The minimum absolute atomic E-state index is 0.0537. The van der Waals surface area contributed by atoms with Gasteiger partial charge < -0.3 is 4.74 Å². The Kier molecular flexibility index (Phi) is 5.62. The molecule has 0 aromatic carbocycles. The molecule has 2 fully saturated rings. The summed E-state index contributed by atoms with van der Waals surface area (Å²) in [5, 5.41) is 7.10. The van der Waals surface area contributed by atoms with Gasteiger partial charge in [0.15, 0.2) is 0 Å². The standard InChI is InChI=1S/C20H26N2O2S2/c1-2-8-21-16-5-6-17(21)12-18(11-16)24-20(23)22(19-4-3-9-26-19)13-15-7-10-25-14-15/h3-4,7,9-10,14,16-18H,2,5-6,8,11-13H2,1H3/t16-,17+,18+. The van der Waals surface area contributed by atoms with E-state index in [1.54, 1.807) is 27.6 Å². The van der Waals surface area contributed by atoms with Gasteiger partial charge in [0.1, 0.15) is 11.1 Å². The Morgan fingerprint density at radius 1 is 1.27 bits per heavy atom. The first-order valence-corrected chi connectivity index (χ1v) is 11.3. The molecule has 0 spiro atoms. The third kappa shape index (κ3) is 3.82. The van der Waals surface area contributed by atoms with Gasteiger partial charge in [-0.2, -0.15) is 11.3 Å². The van der Waals surface area contributed by atoms with E-state index in [9.17, 15) is 4.79 Å². The molecule has 0 unspecified atom stereocenters. The zero-order valence-electron chi connectivity index (χ0n) is 15.2. The van der Waals surface area contributed by atoms with Crippen LogP contribution in [-0.4, -0.2) is 35.7 Å². The van der Waals surface area contributed by atoms with Crippen molar-refractivity contribution >= 4 is 33.8 Å². The fraction of sp³-hybridized carbons (Fsp3) is 0.550. The van der Waals surface area contributed by atoms with Crippen LogP contribution in [0, 0.1) is 0 Å². The van der Waals surface area contributed by atoms with Crippen LogP contribution in [0.1, 0.15) is 44.6 Å². The van der Waals surface area contributed by atoms with E-state index in [1.807, 2.05) is 17.5 Å². The third-order valence-corrected chi connectivity index (χ3v) is 7.13. The number of hydrogen-bond donors (Lipinski definition) is 0. The van der Waals surface area contributed by atoms with Gasteiger partial charge in [-0.25, -0.2) is 4.79 Å². The molecule has 2 bridgehead atoms. The van der Waals surface area contributed by atoms with Gasteiger partial charge in [0.25, 0.3) is 0 Å². The molecule has 26 heavy (non-hydrogen) atoms. The third-order valence-electron chi connectivity index (χ3n) is 5.50. The highest BCUT2D eigenvalue weighted by Gasteiger charge is 2.41. The first kappa shape index (κ1) is 18.0. The molecule has 140 valence electrons. The highest BCUT2D eigenvalue weighted by molar-refractivity contribution is 7.14. The molecule has 2 aliphatic rings. The van der Waals surface area contributed by atoms with Crippen molar-refractivity contribution in [2.24, 2.45) is 0 Å². The van der Waals surface area contributed by atoms with Gasteiger partial charge in [-0.15, -0.1) is 11.3 Å². The van der Waals surface area contributed by atoms with E-state index in [0.717, 1.165) is 23.4 Å². The number of ether oxygens (including phenoxy) is 1. The lowest BCUT2D eigenvalue weighted by Crippen LogP contribution is -2.47. The van der Waals surface area contributed by atoms with Crippen LogP contribution in [0.25, 0.3) is 0 Å². The molecule has 4 nitrogen and oxygen atoms in total. The molecule has 2 aromatic heterocycles. The fourth-order valence-corrected chi connectivity index (χ4v) is 5.75. The monoisotopic (exact) mass is 390 g/mol. The second kappa shape index (κ2) is 8.11. The average molecular weight is 391 g/mol. The lowest BCUT2D eigenvalue weighted by atomic mass is 9.99. The molecule has 2 saturated heterocycles. The van der Waals surface area contributed by atoms with Gasteiger partial charge >= 0.3 is 6.09 Å². The Hall–Kier alpha value is -1.37. The van der Waals surface area contributed by atoms with E-state index in [1.165, 1.54) is 25.8 Å². The molecule has 0 N–H and O–H groups in total. The number of carbonyl (C=O) groups excluding carboxylic acids is 1. The molecule has 2 aromatic rings. The maximum atomic E-state index is 13.0. The normalized spacial score (nSPS) is 25.3. The number of piperidine rings is 1. The van der Waals surface area contributed by atoms with E-state index in [2.05, 4.69) is 28.7 Å². The summed E-state index contributed by atoms with van der Waals surface area (Å²) >= 11 is 3.24. The smallest absolute Gasteiger partial charge is 0.415 e. The zero-order chi connectivity index (χ0) is 17.9. The fourth-order valence-electron chi connectivity index (χ4n) is 4.37. The second-order valence-corrected chi connectivity index (χ2v) is 8.98. The molecule has 6 heteroatoms. The molecule has 4 rings (SSSR count). The molecule has 0 saturated carbocycles. The second-order valence-electron chi connectivity index (χ2n) is 7.27. The predicted molar refractivity (Wildman–Crippen MR) is 108 cm³/mol. The zero-order valence-corrected chi connectivity index (χ0v) is 16.8. The first-order chi connectivity index (χ1) is 12.7. The molecular weight excluding hydrogens is 364 g/mol. The number of thiophene rings is 2. The summed E-state index contributed by atoms with van der Waals surface area (Å²) in [4.78, 5) is 17.4. The van der Waals surface area contributed by atoms with Gasteiger partial charge in [0.2, 0.25) is 0 Å². The van der Waals surface area contributed by atoms with E-state index in [4.69, 9.17) is 4.74 Å². The van der Waals surface area contributed by atoms with Crippen molar-refractivity contribution in [3.05, 3.63) is 39.9 Å². The Bertz CT molecular complexity index is 687. The molecule has 2 aliphatic heterocycles. The largest absolute Gasteiger partial charge is 0.446 e. The number of anilines is 1. The Morgan fingerprint density at radius 2 is 2.08 bits per heavy atom. The van der Waals surface area contributed by atoms with Crippen molar-refractivity contribution in [2.45, 2.75) is 63.8 Å². The quantitative estimate of drug-likeness (QED) is 0.666. The van der Waals surface area contributed by atoms with Crippen molar-refractivity contribution in [1.29, 1.82) is 0 Å². The molecule has 1 amide bonds. The van der Waals surface area contributed by atoms with Gasteiger partial charge in [-0.1, -0.05) is 6.92 Å². The van der Waals surface area contributed by atoms with Crippen LogP contribution in [0.5, 0.6) is 0 Å². The van der Waals surface area contributed by atoms with Crippen LogP contribution in [0.2, 0.25) is 0 Å². The maximum Gasteiger partial charge on any atom is 0.415 e. The number of fused-ring (bicyclic) bond motifs is 2. The minimum Gasteiger partial charge on any atom is -0.446 e. The van der Waals surface area contributed by atoms with Crippen molar-refractivity contribution in [3.63, 3.8) is 0 Å². The summed E-state index contributed by atoms with van der Waals surface area (Å²) in [5.74, 6) is 0. The van der Waals surface area contributed by atoms with Crippen LogP contribution in [0.4, 0.5) is 9.80 Å².